The quantitative estimate of drug-likeness (QED) is 0.633. The molecule has 0 bridgehead atoms. The van der Waals surface area contributed by atoms with Crippen LogP contribution < -0.4 is 16.4 Å². The molecule has 1 aromatic rings. The average Bonchev–Trinajstić information content (AvgIpc) is 2.54. The van der Waals surface area contributed by atoms with Gasteiger partial charge in [0.1, 0.15) is 0 Å². The van der Waals surface area contributed by atoms with Crippen LogP contribution in [0.4, 0.5) is 0 Å². The van der Waals surface area contributed by atoms with E-state index in [9.17, 15) is 8.42 Å². The van der Waals surface area contributed by atoms with Gasteiger partial charge in [0.2, 0.25) is 10.0 Å². The van der Waals surface area contributed by atoms with Crippen LogP contribution in [-0.4, -0.2) is 57.0 Å². The number of ether oxygens (including phenoxy) is 1. The molecule has 3 atom stereocenters. The third-order valence-electron chi connectivity index (χ3n) is 4.79. The molecule has 2 heterocycles. The zero-order valence-corrected chi connectivity index (χ0v) is 15.3. The second-order valence-electron chi connectivity index (χ2n) is 6.90. The minimum absolute atomic E-state index is 0.00326. The maximum atomic E-state index is 11.4. The van der Waals surface area contributed by atoms with E-state index in [4.69, 9.17) is 16.4 Å². The summed E-state index contributed by atoms with van der Waals surface area (Å²) in [6.07, 6.45) is 2.74. The Hall–Kier alpha value is -1.07. The highest BCUT2D eigenvalue weighted by Gasteiger charge is 2.29. The number of rotatable bonds is 4. The molecule has 2 aliphatic heterocycles. The van der Waals surface area contributed by atoms with E-state index in [2.05, 4.69) is 29.0 Å². The van der Waals surface area contributed by atoms with E-state index < -0.39 is 10.0 Å². The molecule has 8 nitrogen and oxygen atoms in total. The Morgan fingerprint density at radius 3 is 2.40 bits per heavy atom. The summed E-state index contributed by atoms with van der Waals surface area (Å²) in [6.45, 7) is 2.57. The first-order valence-corrected chi connectivity index (χ1v) is 10.4. The van der Waals surface area contributed by atoms with Crippen LogP contribution >= 0.6 is 0 Å². The lowest BCUT2D eigenvalue weighted by atomic mass is 9.93. The van der Waals surface area contributed by atoms with E-state index in [0.717, 1.165) is 30.5 Å². The molecule has 3 rings (SSSR count). The zero-order valence-electron chi connectivity index (χ0n) is 14.5. The molecule has 0 amide bonds. The molecule has 25 heavy (non-hydrogen) atoms. The van der Waals surface area contributed by atoms with Crippen LogP contribution in [0, 0.1) is 0 Å². The predicted molar refractivity (Wildman–Crippen MR) is 95.5 cm³/mol. The Morgan fingerprint density at radius 2 is 1.80 bits per heavy atom. The smallest absolute Gasteiger partial charge is 0.208 e. The monoisotopic (exact) mass is 369 g/mol. The molecule has 2 saturated heterocycles. The summed E-state index contributed by atoms with van der Waals surface area (Å²) in [5.74, 6) is 12.0. The van der Waals surface area contributed by atoms with Crippen LogP contribution in [0.25, 0.3) is 0 Å². The van der Waals surface area contributed by atoms with Gasteiger partial charge in [-0.05, 0) is 24.0 Å². The van der Waals surface area contributed by atoms with E-state index in [-0.39, 0.29) is 18.2 Å². The van der Waals surface area contributed by atoms with Gasteiger partial charge in [0.05, 0.1) is 19.0 Å². The van der Waals surface area contributed by atoms with Crippen molar-refractivity contribution in [3.8, 4) is 0 Å². The van der Waals surface area contributed by atoms with Crippen molar-refractivity contribution >= 4 is 10.0 Å². The number of hydrazine groups is 2. The average molecular weight is 369 g/mol. The van der Waals surface area contributed by atoms with Gasteiger partial charge in [0.25, 0.3) is 0 Å². The summed E-state index contributed by atoms with van der Waals surface area (Å²) >= 11 is 0. The molecule has 0 spiro atoms. The summed E-state index contributed by atoms with van der Waals surface area (Å²) in [5.41, 5.74) is 2.24. The molecule has 1 aromatic carbocycles. The lowest BCUT2D eigenvalue weighted by molar-refractivity contribution is -0.0304. The van der Waals surface area contributed by atoms with Crippen molar-refractivity contribution in [3.63, 3.8) is 0 Å². The summed E-state index contributed by atoms with van der Waals surface area (Å²) in [5, 5.41) is 3.50. The Bertz CT molecular complexity index is 682. The lowest BCUT2D eigenvalue weighted by Gasteiger charge is -2.37. The van der Waals surface area contributed by atoms with Gasteiger partial charge in [0.15, 0.2) is 0 Å². The van der Waals surface area contributed by atoms with Crippen molar-refractivity contribution in [2.24, 2.45) is 11.7 Å². The molecular formula is C16H27N5O3S. The topological polar surface area (TPSA) is 114 Å². The molecule has 2 fully saturated rings. The first-order valence-electron chi connectivity index (χ1n) is 8.51. The number of nitrogens with zero attached hydrogens (tertiary/aromatic N) is 2. The fourth-order valence-corrected chi connectivity index (χ4v) is 4.36. The lowest BCUT2D eigenvalue weighted by Crippen LogP contribution is -2.51. The zero-order chi connectivity index (χ0) is 18.0. The fourth-order valence-electron chi connectivity index (χ4n) is 3.56. The highest BCUT2D eigenvalue weighted by atomic mass is 32.2. The minimum atomic E-state index is -3.21. The van der Waals surface area contributed by atoms with Crippen molar-refractivity contribution in [3.05, 3.63) is 35.4 Å². The SMILES string of the molecule is CS(=O)(=O)NC1CCC(c2ccc(C3CN(N)CCO3)cc2)N(N)C1. The Morgan fingerprint density at radius 1 is 1.12 bits per heavy atom. The molecular weight excluding hydrogens is 342 g/mol. The fraction of sp³-hybridized carbons (Fsp3) is 0.625. The van der Waals surface area contributed by atoms with E-state index in [0.29, 0.717) is 19.7 Å². The number of sulfonamides is 1. The summed E-state index contributed by atoms with van der Waals surface area (Å²) in [6, 6.07) is 8.22. The van der Waals surface area contributed by atoms with Crippen LogP contribution in [0.1, 0.15) is 36.1 Å². The number of piperidine rings is 1. The first-order chi connectivity index (χ1) is 11.8. The number of nitrogens with two attached hydrogens (primary N) is 2. The summed E-state index contributed by atoms with van der Waals surface area (Å²) in [4.78, 5) is 0. The van der Waals surface area contributed by atoms with Crippen LogP contribution in [0.15, 0.2) is 24.3 Å². The highest BCUT2D eigenvalue weighted by Crippen LogP contribution is 2.30. The van der Waals surface area contributed by atoms with E-state index in [1.165, 1.54) is 6.26 Å². The van der Waals surface area contributed by atoms with E-state index in [1.807, 2.05) is 0 Å². The van der Waals surface area contributed by atoms with Crippen molar-refractivity contribution < 1.29 is 13.2 Å². The van der Waals surface area contributed by atoms with E-state index in [1.54, 1.807) is 10.0 Å². The first kappa shape index (κ1) is 18.7. The largest absolute Gasteiger partial charge is 0.371 e. The van der Waals surface area contributed by atoms with Crippen LogP contribution in [0.2, 0.25) is 0 Å². The van der Waals surface area contributed by atoms with Gasteiger partial charge in [0, 0.05) is 31.7 Å². The molecule has 0 radical (unpaired) electrons. The van der Waals surface area contributed by atoms with Crippen molar-refractivity contribution in [1.82, 2.24) is 14.7 Å². The van der Waals surface area contributed by atoms with Gasteiger partial charge in [-0.3, -0.25) is 11.7 Å². The Balaban J connectivity index is 1.63. The Labute approximate surface area is 149 Å². The molecule has 0 aromatic heterocycles. The summed E-state index contributed by atoms with van der Waals surface area (Å²) in [7, 11) is -3.21. The maximum absolute atomic E-state index is 11.4. The van der Waals surface area contributed by atoms with Gasteiger partial charge >= 0.3 is 0 Å². The molecule has 2 aliphatic rings. The van der Waals surface area contributed by atoms with Gasteiger partial charge < -0.3 is 4.74 Å². The van der Waals surface area contributed by atoms with Crippen molar-refractivity contribution in [1.29, 1.82) is 0 Å². The molecule has 140 valence electrons. The number of hydrogen-bond donors (Lipinski definition) is 3. The summed E-state index contributed by atoms with van der Waals surface area (Å²) < 4.78 is 31.2. The van der Waals surface area contributed by atoms with Crippen molar-refractivity contribution in [2.75, 3.05) is 32.5 Å². The molecule has 0 saturated carbocycles. The predicted octanol–water partition coefficient (Wildman–Crippen LogP) is -0.138. The number of morpholine rings is 1. The highest BCUT2D eigenvalue weighted by molar-refractivity contribution is 7.88. The molecule has 9 heteroatoms. The normalized spacial score (nSPS) is 29.6. The number of hydrogen-bond acceptors (Lipinski definition) is 7. The van der Waals surface area contributed by atoms with Gasteiger partial charge in [-0.2, -0.15) is 0 Å². The number of benzene rings is 1. The third-order valence-corrected chi connectivity index (χ3v) is 5.55. The maximum Gasteiger partial charge on any atom is 0.208 e. The minimum Gasteiger partial charge on any atom is -0.371 e. The van der Waals surface area contributed by atoms with Crippen LogP contribution in [-0.2, 0) is 14.8 Å². The van der Waals surface area contributed by atoms with Crippen LogP contribution in [0.3, 0.4) is 0 Å². The van der Waals surface area contributed by atoms with Crippen LogP contribution in [0.5, 0.6) is 0 Å². The van der Waals surface area contributed by atoms with Gasteiger partial charge in [-0.15, -0.1) is 0 Å². The molecule has 3 unspecified atom stereocenters. The number of nitrogens with one attached hydrogen (secondary N) is 1. The van der Waals surface area contributed by atoms with Gasteiger partial charge in [-0.1, -0.05) is 24.3 Å². The second-order valence-corrected chi connectivity index (χ2v) is 8.68. The third kappa shape index (κ3) is 4.98. The second kappa shape index (κ2) is 7.67. The Kier molecular flexibility index (Phi) is 5.74. The molecule has 5 N–H and O–H groups in total. The van der Waals surface area contributed by atoms with Crippen molar-refractivity contribution in [2.45, 2.75) is 31.0 Å². The van der Waals surface area contributed by atoms with Gasteiger partial charge in [-0.25, -0.2) is 23.2 Å². The standard InChI is InChI=1S/C16H27N5O3S/c1-25(22,23)19-14-6-7-15(21(18)10-14)12-2-4-13(5-3-12)16-11-20(17)8-9-24-16/h2-5,14-16,19H,6-11,17-18H2,1H3. The van der Waals surface area contributed by atoms with E-state index >= 15 is 0 Å². The molecule has 0 aliphatic carbocycles.